The third kappa shape index (κ3) is 5.86. The second kappa shape index (κ2) is 11.0. The molecule has 38 heavy (non-hydrogen) atoms. The van der Waals surface area contributed by atoms with Crippen LogP contribution in [0.4, 0.5) is 4.79 Å². The number of hydrogen-bond acceptors (Lipinski definition) is 4. The molecule has 0 saturated carbocycles. The van der Waals surface area contributed by atoms with Gasteiger partial charge < -0.3 is 9.64 Å². The first-order valence-corrected chi connectivity index (χ1v) is 17.3. The van der Waals surface area contributed by atoms with E-state index in [2.05, 4.69) is 116 Å². The summed E-state index contributed by atoms with van der Waals surface area (Å²) in [6.45, 7) is 13.1. The van der Waals surface area contributed by atoms with Crippen molar-refractivity contribution in [3.63, 3.8) is 0 Å². The molecule has 1 aliphatic carbocycles. The number of nitrogens with zero attached hydrogens (tertiary/aromatic N) is 2. The first-order chi connectivity index (χ1) is 18.2. The monoisotopic (exact) mass is 540 g/mol. The Bertz CT molecular complexity index is 1370. The summed E-state index contributed by atoms with van der Waals surface area (Å²) in [4.78, 5) is 18.2. The van der Waals surface area contributed by atoms with Crippen molar-refractivity contribution >= 4 is 26.8 Å². The second-order valence-electron chi connectivity index (χ2n) is 11.3. The van der Waals surface area contributed by atoms with Crippen LogP contribution < -0.4 is 0 Å². The van der Waals surface area contributed by atoms with Crippen LogP contribution in [0.5, 0.6) is 0 Å². The van der Waals surface area contributed by atoms with Gasteiger partial charge in [-0.3, -0.25) is 4.90 Å². The van der Waals surface area contributed by atoms with Gasteiger partial charge in [-0.05, 0) is 52.4 Å². The molecular weight excluding hydrogens is 505 g/mol. The van der Waals surface area contributed by atoms with Gasteiger partial charge in [0.15, 0.2) is 0 Å². The number of thiol groups is 1. The lowest BCUT2D eigenvalue weighted by Gasteiger charge is -2.34. The number of carbonyl (C=O) groups excluding carboxylic acids is 1. The van der Waals surface area contributed by atoms with Crippen LogP contribution in [0.15, 0.2) is 65.6 Å². The van der Waals surface area contributed by atoms with E-state index >= 15 is 0 Å². The summed E-state index contributed by atoms with van der Waals surface area (Å²) in [5, 5.41) is 0. The summed E-state index contributed by atoms with van der Waals surface area (Å²) in [5.74, 6) is 3.50. The predicted octanol–water partition coefficient (Wildman–Crippen LogP) is 6.58. The van der Waals surface area contributed by atoms with Crippen molar-refractivity contribution in [3.8, 4) is 22.6 Å². The van der Waals surface area contributed by atoms with Gasteiger partial charge in [0.05, 0.1) is 0 Å². The molecule has 1 aliphatic heterocycles. The largest absolute Gasteiger partial charge is 0.448 e. The number of fused-ring (bicyclic) bond motifs is 3. The van der Waals surface area contributed by atoms with Crippen molar-refractivity contribution in [2.45, 2.75) is 43.9 Å². The van der Waals surface area contributed by atoms with E-state index in [4.69, 9.17) is 4.74 Å². The Morgan fingerprint density at radius 1 is 0.974 bits per heavy atom. The summed E-state index contributed by atoms with van der Waals surface area (Å²) < 4.78 is 5.88. The van der Waals surface area contributed by atoms with E-state index in [1.165, 1.54) is 33.4 Å². The van der Waals surface area contributed by atoms with E-state index in [1.807, 2.05) is 4.90 Å². The number of piperazine rings is 1. The average Bonchev–Trinajstić information content (AvgIpc) is 3.22. The molecule has 0 bridgehead atoms. The number of ether oxygens (including phenoxy) is 1. The van der Waals surface area contributed by atoms with Gasteiger partial charge in [0.1, 0.15) is 14.7 Å². The number of rotatable bonds is 4. The first kappa shape index (κ1) is 26.6. The lowest BCUT2D eigenvalue weighted by molar-refractivity contribution is 0.0728. The number of benzene rings is 3. The van der Waals surface area contributed by atoms with Crippen molar-refractivity contribution in [3.05, 3.63) is 88.5 Å². The van der Waals surface area contributed by atoms with Crippen LogP contribution in [0.3, 0.4) is 0 Å². The van der Waals surface area contributed by atoms with Gasteiger partial charge in [0.25, 0.3) is 0 Å². The molecule has 1 saturated heterocycles. The molecule has 0 spiro atoms. The SMILES string of the molecule is Cc1c(C#C[Si](C)(C)C)cc(S)cc1CN1CCN(C(=O)OCC2c3ccccc3-c3ccccc32)CC1. The second-order valence-corrected chi connectivity index (χ2v) is 16.6. The van der Waals surface area contributed by atoms with Crippen LogP contribution in [-0.4, -0.2) is 56.8 Å². The molecule has 2 aliphatic rings. The zero-order valence-corrected chi connectivity index (χ0v) is 24.6. The van der Waals surface area contributed by atoms with Crippen LogP contribution in [0.2, 0.25) is 19.6 Å². The maximum atomic E-state index is 13.0. The Morgan fingerprint density at radius 3 is 2.18 bits per heavy atom. The summed E-state index contributed by atoms with van der Waals surface area (Å²) in [5.41, 5.74) is 12.0. The fraction of sp³-hybridized carbons (Fsp3) is 0.344. The van der Waals surface area contributed by atoms with E-state index < -0.39 is 8.07 Å². The molecule has 1 heterocycles. The van der Waals surface area contributed by atoms with Gasteiger partial charge in [-0.15, -0.1) is 18.2 Å². The van der Waals surface area contributed by atoms with E-state index in [0.717, 1.165) is 30.1 Å². The Labute approximate surface area is 233 Å². The van der Waals surface area contributed by atoms with Gasteiger partial charge in [-0.2, -0.15) is 0 Å². The minimum atomic E-state index is -1.46. The molecule has 1 fully saturated rings. The number of carbonyl (C=O) groups is 1. The Kier molecular flexibility index (Phi) is 7.72. The van der Waals surface area contributed by atoms with Crippen LogP contribution in [0.1, 0.15) is 33.7 Å². The summed E-state index contributed by atoms with van der Waals surface area (Å²) in [7, 11) is -1.46. The molecule has 6 heteroatoms. The highest BCUT2D eigenvalue weighted by molar-refractivity contribution is 7.80. The Morgan fingerprint density at radius 2 is 1.58 bits per heavy atom. The third-order valence-electron chi connectivity index (χ3n) is 7.43. The average molecular weight is 541 g/mol. The minimum Gasteiger partial charge on any atom is -0.448 e. The van der Waals surface area contributed by atoms with Crippen LogP contribution >= 0.6 is 12.6 Å². The zero-order valence-electron chi connectivity index (χ0n) is 22.8. The topological polar surface area (TPSA) is 32.8 Å². The Balaban J connectivity index is 1.18. The Hall–Kier alpha value is -2.98. The van der Waals surface area contributed by atoms with E-state index in [9.17, 15) is 4.79 Å². The maximum absolute atomic E-state index is 13.0. The van der Waals surface area contributed by atoms with E-state index in [0.29, 0.717) is 19.7 Å². The van der Waals surface area contributed by atoms with Gasteiger partial charge in [0, 0.05) is 49.1 Å². The normalized spacial score (nSPS) is 15.4. The molecule has 0 atom stereocenters. The van der Waals surface area contributed by atoms with E-state index in [1.54, 1.807) is 0 Å². The highest BCUT2D eigenvalue weighted by atomic mass is 32.1. The van der Waals surface area contributed by atoms with Crippen molar-refractivity contribution in [1.82, 2.24) is 9.80 Å². The highest BCUT2D eigenvalue weighted by Gasteiger charge is 2.30. The molecule has 1 amide bonds. The van der Waals surface area contributed by atoms with E-state index in [-0.39, 0.29) is 12.0 Å². The number of hydrogen-bond donors (Lipinski definition) is 1. The van der Waals surface area contributed by atoms with Crippen molar-refractivity contribution in [1.29, 1.82) is 0 Å². The maximum Gasteiger partial charge on any atom is 0.409 e. The lowest BCUT2D eigenvalue weighted by atomic mass is 9.98. The standard InChI is InChI=1S/C32H36N2O2SSi/c1-23-24(13-18-38(2,3)4)19-26(37)20-25(23)21-33-14-16-34(17-15-33)32(35)36-22-31-29-11-7-5-9-27(29)28-10-6-8-12-30(28)31/h5-12,19-20,31,37H,14-17,21-22H2,1-4H3. The van der Waals surface area contributed by atoms with Gasteiger partial charge in [-0.25, -0.2) is 4.79 Å². The molecule has 3 aromatic rings. The molecular formula is C32H36N2O2SSi. The van der Waals surface area contributed by atoms with Crippen LogP contribution in [-0.2, 0) is 11.3 Å². The number of amides is 1. The first-order valence-electron chi connectivity index (χ1n) is 13.4. The molecule has 0 unspecified atom stereocenters. The summed E-state index contributed by atoms with van der Waals surface area (Å²) >= 11 is 4.65. The molecule has 0 radical (unpaired) electrons. The molecule has 3 aromatic carbocycles. The fourth-order valence-corrected chi connectivity index (χ4v) is 6.12. The van der Waals surface area contributed by atoms with Crippen molar-refractivity contribution in [2.24, 2.45) is 0 Å². The molecule has 5 rings (SSSR count). The van der Waals surface area contributed by atoms with Crippen LogP contribution in [0.25, 0.3) is 11.1 Å². The summed E-state index contributed by atoms with van der Waals surface area (Å²) in [6, 6.07) is 21.1. The van der Waals surface area contributed by atoms with Gasteiger partial charge in [-0.1, -0.05) is 74.1 Å². The fourth-order valence-electron chi connectivity index (χ4n) is 5.32. The minimum absolute atomic E-state index is 0.0855. The molecule has 196 valence electrons. The van der Waals surface area contributed by atoms with Gasteiger partial charge in [0.2, 0.25) is 0 Å². The smallest absolute Gasteiger partial charge is 0.409 e. The van der Waals surface area contributed by atoms with Crippen LogP contribution in [0, 0.1) is 18.4 Å². The summed E-state index contributed by atoms with van der Waals surface area (Å²) in [6.07, 6.45) is -0.219. The van der Waals surface area contributed by atoms with Crippen molar-refractivity contribution in [2.75, 3.05) is 32.8 Å². The highest BCUT2D eigenvalue weighted by Crippen LogP contribution is 2.44. The quantitative estimate of drug-likeness (QED) is 0.231. The van der Waals surface area contributed by atoms with Crippen molar-refractivity contribution < 1.29 is 9.53 Å². The predicted molar refractivity (Wildman–Crippen MR) is 161 cm³/mol. The zero-order chi connectivity index (χ0) is 26.9. The third-order valence-corrected chi connectivity index (χ3v) is 8.57. The molecule has 4 nitrogen and oxygen atoms in total. The molecule has 0 aromatic heterocycles. The molecule has 0 N–H and O–H groups in total. The lowest BCUT2D eigenvalue weighted by Crippen LogP contribution is -2.48. The van der Waals surface area contributed by atoms with Gasteiger partial charge >= 0.3 is 6.09 Å².